The van der Waals surface area contributed by atoms with E-state index in [1.54, 1.807) is 20.5 Å². The standard InChI is InChI=1S/C7H12O4Si/c1-8-12(9-2)11-6-7-4-3-5-10-7/h3-5,12H,6H2,1-2H3. The molecule has 1 aromatic rings. The molecule has 1 heterocycles. The van der Waals surface area contributed by atoms with Gasteiger partial charge in [-0.25, -0.2) is 0 Å². The summed E-state index contributed by atoms with van der Waals surface area (Å²) in [5.41, 5.74) is 0. The van der Waals surface area contributed by atoms with Crippen molar-refractivity contribution in [2.75, 3.05) is 14.2 Å². The van der Waals surface area contributed by atoms with Crippen molar-refractivity contribution in [1.82, 2.24) is 0 Å². The number of hydrogen-bond donors (Lipinski definition) is 0. The van der Waals surface area contributed by atoms with Crippen LogP contribution in [-0.4, -0.2) is 23.7 Å². The van der Waals surface area contributed by atoms with E-state index in [9.17, 15) is 0 Å². The number of rotatable bonds is 5. The molecule has 0 aliphatic carbocycles. The van der Waals surface area contributed by atoms with E-state index in [1.165, 1.54) is 0 Å². The molecule has 0 aliphatic heterocycles. The zero-order valence-electron chi connectivity index (χ0n) is 7.15. The monoisotopic (exact) mass is 188 g/mol. The fourth-order valence-electron chi connectivity index (χ4n) is 0.777. The Bertz CT molecular complexity index is 195. The fourth-order valence-corrected chi connectivity index (χ4v) is 1.54. The van der Waals surface area contributed by atoms with Crippen LogP contribution in [0.2, 0.25) is 0 Å². The fraction of sp³-hybridized carbons (Fsp3) is 0.429. The summed E-state index contributed by atoms with van der Waals surface area (Å²) < 4.78 is 20.2. The first-order chi connectivity index (χ1) is 5.86. The highest BCUT2D eigenvalue weighted by atomic mass is 28.3. The molecule has 0 saturated carbocycles. The van der Waals surface area contributed by atoms with Crippen molar-refractivity contribution in [1.29, 1.82) is 0 Å². The Balaban J connectivity index is 2.25. The Labute approximate surface area is 73.0 Å². The van der Waals surface area contributed by atoms with Crippen LogP contribution in [0.4, 0.5) is 0 Å². The summed E-state index contributed by atoms with van der Waals surface area (Å²) >= 11 is 0. The van der Waals surface area contributed by atoms with Crippen LogP contribution in [0, 0.1) is 0 Å². The average Bonchev–Trinajstić information content (AvgIpc) is 2.59. The Morgan fingerprint density at radius 3 is 2.67 bits per heavy atom. The molecule has 0 saturated heterocycles. The van der Waals surface area contributed by atoms with Gasteiger partial charge in [-0.1, -0.05) is 0 Å². The van der Waals surface area contributed by atoms with E-state index in [0.717, 1.165) is 5.76 Å². The van der Waals surface area contributed by atoms with Crippen molar-refractivity contribution in [3.63, 3.8) is 0 Å². The van der Waals surface area contributed by atoms with Crippen LogP contribution < -0.4 is 0 Å². The van der Waals surface area contributed by atoms with Crippen LogP contribution in [-0.2, 0) is 19.9 Å². The molecule has 4 nitrogen and oxygen atoms in total. The molecule has 12 heavy (non-hydrogen) atoms. The van der Waals surface area contributed by atoms with Crippen molar-refractivity contribution in [3.8, 4) is 0 Å². The largest absolute Gasteiger partial charge is 0.484 e. The predicted molar refractivity (Wildman–Crippen MR) is 44.7 cm³/mol. The molecule has 0 radical (unpaired) electrons. The van der Waals surface area contributed by atoms with Crippen LogP contribution in [0.3, 0.4) is 0 Å². The lowest BCUT2D eigenvalue weighted by atomic mass is 10.5. The molecule has 0 atom stereocenters. The smallest absolute Gasteiger partial charge is 0.467 e. The second-order valence-electron chi connectivity index (χ2n) is 2.15. The molecular formula is C7H12O4Si. The normalized spacial score (nSPS) is 10.9. The average molecular weight is 188 g/mol. The van der Waals surface area contributed by atoms with Crippen LogP contribution in [0.1, 0.15) is 5.76 Å². The molecule has 0 aromatic carbocycles. The minimum Gasteiger partial charge on any atom is -0.467 e. The number of hydrogen-bond acceptors (Lipinski definition) is 4. The highest BCUT2D eigenvalue weighted by Crippen LogP contribution is 2.03. The highest BCUT2D eigenvalue weighted by Gasteiger charge is 2.11. The predicted octanol–water partition coefficient (Wildman–Crippen LogP) is 0.806. The summed E-state index contributed by atoms with van der Waals surface area (Å²) in [5.74, 6) is 0.779. The molecule has 0 fully saturated rings. The van der Waals surface area contributed by atoms with Gasteiger partial charge in [0.15, 0.2) is 0 Å². The highest BCUT2D eigenvalue weighted by molar-refractivity contribution is 6.36. The van der Waals surface area contributed by atoms with E-state index in [4.69, 9.17) is 17.7 Å². The van der Waals surface area contributed by atoms with Crippen molar-refractivity contribution in [2.24, 2.45) is 0 Å². The SMILES string of the molecule is CO[SiH](OC)OCc1ccco1. The molecule has 0 spiro atoms. The van der Waals surface area contributed by atoms with E-state index in [1.807, 2.05) is 12.1 Å². The quantitative estimate of drug-likeness (QED) is 0.641. The van der Waals surface area contributed by atoms with E-state index in [-0.39, 0.29) is 0 Å². The maximum absolute atomic E-state index is 5.29. The lowest BCUT2D eigenvalue weighted by Crippen LogP contribution is -2.23. The molecule has 1 aromatic heterocycles. The maximum atomic E-state index is 5.29. The summed E-state index contributed by atoms with van der Waals surface area (Å²) in [7, 11) is 1.25. The topological polar surface area (TPSA) is 40.8 Å². The van der Waals surface area contributed by atoms with E-state index in [2.05, 4.69) is 0 Å². The first-order valence-corrected chi connectivity index (χ1v) is 4.98. The number of furan rings is 1. The van der Waals surface area contributed by atoms with Crippen molar-refractivity contribution >= 4 is 9.53 Å². The maximum Gasteiger partial charge on any atom is 0.484 e. The third-order valence-electron chi connectivity index (χ3n) is 1.33. The molecule has 0 bridgehead atoms. The Hall–Kier alpha value is -0.623. The van der Waals surface area contributed by atoms with E-state index >= 15 is 0 Å². The minimum absolute atomic E-state index is 0.408. The lowest BCUT2D eigenvalue weighted by Gasteiger charge is -2.09. The molecule has 5 heteroatoms. The minimum atomic E-state index is -1.90. The van der Waals surface area contributed by atoms with Crippen molar-refractivity contribution in [2.45, 2.75) is 6.61 Å². The van der Waals surface area contributed by atoms with E-state index < -0.39 is 9.53 Å². The van der Waals surface area contributed by atoms with Gasteiger partial charge in [0.1, 0.15) is 5.76 Å². The lowest BCUT2D eigenvalue weighted by molar-refractivity contribution is 0.120. The molecule has 0 aliphatic rings. The zero-order valence-corrected chi connectivity index (χ0v) is 8.30. The summed E-state index contributed by atoms with van der Waals surface area (Å²) in [6, 6.07) is 3.66. The van der Waals surface area contributed by atoms with Gasteiger partial charge >= 0.3 is 9.53 Å². The van der Waals surface area contributed by atoms with Gasteiger partial charge < -0.3 is 17.7 Å². The van der Waals surface area contributed by atoms with E-state index in [0.29, 0.717) is 6.61 Å². The summed E-state index contributed by atoms with van der Waals surface area (Å²) in [5, 5.41) is 0. The Morgan fingerprint density at radius 1 is 1.42 bits per heavy atom. The molecule has 0 amide bonds. The van der Waals surface area contributed by atoms with Gasteiger partial charge in [-0.2, -0.15) is 0 Å². The van der Waals surface area contributed by atoms with Gasteiger partial charge in [0.2, 0.25) is 0 Å². The Morgan fingerprint density at radius 2 is 2.17 bits per heavy atom. The molecule has 1 rings (SSSR count). The van der Waals surface area contributed by atoms with Crippen LogP contribution in [0.15, 0.2) is 22.8 Å². The van der Waals surface area contributed by atoms with Crippen LogP contribution >= 0.6 is 0 Å². The summed E-state index contributed by atoms with van der Waals surface area (Å²) in [4.78, 5) is 0. The molecule has 0 unspecified atom stereocenters. The van der Waals surface area contributed by atoms with Gasteiger partial charge in [0, 0.05) is 14.2 Å². The molecule has 0 N–H and O–H groups in total. The van der Waals surface area contributed by atoms with Crippen molar-refractivity contribution in [3.05, 3.63) is 24.2 Å². The Kier molecular flexibility index (Phi) is 4.02. The third kappa shape index (κ3) is 2.78. The van der Waals surface area contributed by atoms with Crippen molar-refractivity contribution < 1.29 is 17.7 Å². The zero-order chi connectivity index (χ0) is 8.81. The summed E-state index contributed by atoms with van der Waals surface area (Å²) in [6.07, 6.45) is 1.61. The second kappa shape index (κ2) is 5.10. The first-order valence-electron chi connectivity index (χ1n) is 3.56. The van der Waals surface area contributed by atoms with Crippen LogP contribution in [0.25, 0.3) is 0 Å². The van der Waals surface area contributed by atoms with Gasteiger partial charge in [-0.05, 0) is 12.1 Å². The van der Waals surface area contributed by atoms with Crippen LogP contribution in [0.5, 0.6) is 0 Å². The molecule has 68 valence electrons. The second-order valence-corrected chi connectivity index (χ2v) is 4.00. The van der Waals surface area contributed by atoms with Gasteiger partial charge in [0.25, 0.3) is 0 Å². The summed E-state index contributed by atoms with van der Waals surface area (Å²) in [6.45, 7) is 0.408. The molecular weight excluding hydrogens is 176 g/mol. The van der Waals surface area contributed by atoms with Gasteiger partial charge in [0.05, 0.1) is 12.9 Å². The third-order valence-corrected chi connectivity index (χ3v) is 2.54. The van der Waals surface area contributed by atoms with Gasteiger partial charge in [-0.3, -0.25) is 0 Å². The first kappa shape index (κ1) is 9.46. The van der Waals surface area contributed by atoms with Gasteiger partial charge in [-0.15, -0.1) is 0 Å².